The van der Waals surface area contributed by atoms with Crippen LogP contribution in [0.5, 0.6) is 0 Å². The van der Waals surface area contributed by atoms with Crippen molar-refractivity contribution in [3.05, 3.63) is 11.1 Å². The summed E-state index contributed by atoms with van der Waals surface area (Å²) in [7, 11) is 0. The summed E-state index contributed by atoms with van der Waals surface area (Å²) in [6.07, 6.45) is 2.98. The highest BCUT2D eigenvalue weighted by molar-refractivity contribution is 8.00. The number of thioether (sulfide) groups is 1. The van der Waals surface area contributed by atoms with Crippen LogP contribution in [0, 0.1) is 16.7 Å². The van der Waals surface area contributed by atoms with E-state index in [0.29, 0.717) is 5.69 Å². The van der Waals surface area contributed by atoms with Gasteiger partial charge in [0.15, 0.2) is 0 Å². The van der Waals surface area contributed by atoms with Crippen molar-refractivity contribution in [3.63, 3.8) is 0 Å². The third-order valence-corrected chi connectivity index (χ3v) is 4.74. The molecule has 0 bridgehead atoms. The summed E-state index contributed by atoms with van der Waals surface area (Å²) in [6.45, 7) is 3.91. The first-order valence-electron chi connectivity index (χ1n) is 6.13. The Morgan fingerprint density at radius 2 is 2.32 bits per heavy atom. The van der Waals surface area contributed by atoms with Crippen LogP contribution in [0.2, 0.25) is 0 Å². The van der Waals surface area contributed by atoms with E-state index < -0.39 is 5.97 Å². The number of carbonyl (C=O) groups is 1. The van der Waals surface area contributed by atoms with Crippen LogP contribution in [-0.4, -0.2) is 21.8 Å². The molecule has 0 aliphatic heterocycles. The summed E-state index contributed by atoms with van der Waals surface area (Å²) in [5, 5.41) is 19.3. The molecule has 6 heteroatoms. The van der Waals surface area contributed by atoms with Gasteiger partial charge >= 0.3 is 5.97 Å². The van der Waals surface area contributed by atoms with Gasteiger partial charge in [0.1, 0.15) is 4.34 Å². The SMILES string of the molecule is CC(C)(C#N)CCCCSc1nc(CC(=O)O)cs1. The maximum Gasteiger partial charge on any atom is 0.309 e. The molecule has 0 unspecified atom stereocenters. The van der Waals surface area contributed by atoms with Crippen LogP contribution in [0.15, 0.2) is 9.72 Å². The number of thiazole rings is 1. The molecule has 0 radical (unpaired) electrons. The van der Waals surface area contributed by atoms with Gasteiger partial charge in [0.2, 0.25) is 0 Å². The molecule has 19 heavy (non-hydrogen) atoms. The number of carboxylic acids is 1. The zero-order valence-corrected chi connectivity index (χ0v) is 12.8. The fourth-order valence-corrected chi connectivity index (χ4v) is 3.39. The molecule has 0 saturated carbocycles. The first-order chi connectivity index (χ1) is 8.93. The van der Waals surface area contributed by atoms with Crippen molar-refractivity contribution >= 4 is 29.1 Å². The monoisotopic (exact) mass is 298 g/mol. The minimum absolute atomic E-state index is 0.00653. The molecule has 1 aromatic rings. The minimum atomic E-state index is -0.847. The Balaban J connectivity index is 2.21. The number of carboxylic acid groups (broad SMARTS) is 1. The van der Waals surface area contributed by atoms with Crippen LogP contribution in [0.4, 0.5) is 0 Å². The van der Waals surface area contributed by atoms with Crippen molar-refractivity contribution in [1.82, 2.24) is 4.98 Å². The Bertz CT molecular complexity index is 463. The molecule has 1 rings (SSSR count). The average molecular weight is 298 g/mol. The van der Waals surface area contributed by atoms with Gasteiger partial charge in [-0.15, -0.1) is 11.3 Å². The molecule has 104 valence electrons. The van der Waals surface area contributed by atoms with E-state index in [0.717, 1.165) is 29.4 Å². The lowest BCUT2D eigenvalue weighted by Gasteiger charge is -2.13. The summed E-state index contributed by atoms with van der Waals surface area (Å²) in [4.78, 5) is 14.8. The van der Waals surface area contributed by atoms with Crippen molar-refractivity contribution in [1.29, 1.82) is 5.26 Å². The molecule has 0 aliphatic rings. The first kappa shape index (κ1) is 16.0. The maximum atomic E-state index is 10.5. The van der Waals surface area contributed by atoms with E-state index in [2.05, 4.69) is 11.1 Å². The molecule has 0 fully saturated rings. The van der Waals surface area contributed by atoms with E-state index in [-0.39, 0.29) is 11.8 Å². The zero-order chi connectivity index (χ0) is 14.3. The van der Waals surface area contributed by atoms with Crippen LogP contribution in [0.3, 0.4) is 0 Å². The number of hydrogen-bond donors (Lipinski definition) is 1. The number of aromatic nitrogens is 1. The molecule has 0 spiro atoms. The highest BCUT2D eigenvalue weighted by Gasteiger charge is 2.15. The van der Waals surface area contributed by atoms with Crippen molar-refractivity contribution < 1.29 is 9.90 Å². The van der Waals surface area contributed by atoms with Gasteiger partial charge in [-0.05, 0) is 26.7 Å². The van der Waals surface area contributed by atoms with Crippen molar-refractivity contribution in [2.45, 2.75) is 43.9 Å². The second-order valence-corrected chi connectivity index (χ2v) is 7.18. The van der Waals surface area contributed by atoms with Gasteiger partial charge in [-0.2, -0.15) is 5.26 Å². The van der Waals surface area contributed by atoms with E-state index in [4.69, 9.17) is 10.4 Å². The Hall–Kier alpha value is -1.06. The summed E-state index contributed by atoms with van der Waals surface area (Å²) in [5.41, 5.74) is 0.395. The predicted octanol–water partition coefficient (Wildman–Crippen LogP) is 3.58. The van der Waals surface area contributed by atoms with Crippen LogP contribution in [-0.2, 0) is 11.2 Å². The number of nitrogens with zero attached hydrogens (tertiary/aromatic N) is 2. The fraction of sp³-hybridized carbons (Fsp3) is 0.615. The van der Waals surface area contributed by atoms with Crippen molar-refractivity contribution in [3.8, 4) is 6.07 Å². The molecule has 0 saturated heterocycles. The van der Waals surface area contributed by atoms with Gasteiger partial charge in [-0.3, -0.25) is 4.79 Å². The van der Waals surface area contributed by atoms with E-state index in [1.54, 1.807) is 17.1 Å². The van der Waals surface area contributed by atoms with Crippen LogP contribution in [0.25, 0.3) is 0 Å². The third-order valence-electron chi connectivity index (χ3n) is 2.59. The smallest absolute Gasteiger partial charge is 0.309 e. The van der Waals surface area contributed by atoms with E-state index >= 15 is 0 Å². The standard InChI is InChI=1S/C13H18N2O2S2/c1-13(2,9-14)5-3-4-6-18-12-15-10(8-19-12)7-11(16)17/h8H,3-7H2,1-2H3,(H,16,17). The lowest BCUT2D eigenvalue weighted by atomic mass is 9.89. The maximum absolute atomic E-state index is 10.5. The predicted molar refractivity (Wildman–Crippen MR) is 77.4 cm³/mol. The molecule has 0 aliphatic carbocycles. The van der Waals surface area contributed by atoms with Crippen LogP contribution in [0.1, 0.15) is 38.8 Å². The second kappa shape index (κ2) is 7.51. The highest BCUT2D eigenvalue weighted by atomic mass is 32.2. The largest absolute Gasteiger partial charge is 0.481 e. The lowest BCUT2D eigenvalue weighted by Crippen LogP contribution is -2.07. The number of hydrogen-bond acceptors (Lipinski definition) is 5. The molecule has 1 N–H and O–H groups in total. The lowest BCUT2D eigenvalue weighted by molar-refractivity contribution is -0.136. The summed E-state index contributed by atoms with van der Waals surface area (Å²) in [6, 6.07) is 2.30. The fourth-order valence-electron chi connectivity index (χ4n) is 1.48. The van der Waals surface area contributed by atoms with Crippen LogP contribution >= 0.6 is 23.1 Å². The Morgan fingerprint density at radius 3 is 2.95 bits per heavy atom. The van der Waals surface area contributed by atoms with Gasteiger partial charge in [0.25, 0.3) is 0 Å². The molecular weight excluding hydrogens is 280 g/mol. The number of aliphatic carboxylic acids is 1. The van der Waals surface area contributed by atoms with Crippen molar-refractivity contribution in [2.24, 2.45) is 5.41 Å². The normalized spacial score (nSPS) is 11.2. The highest BCUT2D eigenvalue weighted by Crippen LogP contribution is 2.26. The molecule has 1 heterocycles. The van der Waals surface area contributed by atoms with Crippen LogP contribution < -0.4 is 0 Å². The van der Waals surface area contributed by atoms with Gasteiger partial charge in [0, 0.05) is 11.1 Å². The minimum Gasteiger partial charge on any atom is -0.481 e. The first-order valence-corrected chi connectivity index (χ1v) is 8.00. The van der Waals surface area contributed by atoms with E-state index in [9.17, 15) is 4.79 Å². The summed E-state index contributed by atoms with van der Waals surface area (Å²) >= 11 is 3.15. The number of unbranched alkanes of at least 4 members (excludes halogenated alkanes) is 1. The van der Waals surface area contributed by atoms with Gasteiger partial charge in [0.05, 0.1) is 23.6 Å². The summed E-state index contributed by atoms with van der Waals surface area (Å²) in [5.74, 6) is 0.113. The molecule has 1 aromatic heterocycles. The quantitative estimate of drug-likeness (QED) is 0.586. The third kappa shape index (κ3) is 6.60. The summed E-state index contributed by atoms with van der Waals surface area (Å²) < 4.78 is 0.927. The Morgan fingerprint density at radius 1 is 1.58 bits per heavy atom. The molecule has 0 atom stereocenters. The van der Waals surface area contributed by atoms with E-state index in [1.165, 1.54) is 11.3 Å². The number of rotatable bonds is 8. The molecule has 0 aromatic carbocycles. The topological polar surface area (TPSA) is 74.0 Å². The second-order valence-electron chi connectivity index (χ2n) is 4.98. The molecular formula is C13H18N2O2S2. The Kier molecular flexibility index (Phi) is 6.32. The molecule has 4 nitrogen and oxygen atoms in total. The van der Waals surface area contributed by atoms with Gasteiger partial charge < -0.3 is 5.11 Å². The molecule has 0 amide bonds. The van der Waals surface area contributed by atoms with Gasteiger partial charge in [-0.25, -0.2) is 4.98 Å². The van der Waals surface area contributed by atoms with Crippen molar-refractivity contribution in [2.75, 3.05) is 5.75 Å². The number of nitriles is 1. The van der Waals surface area contributed by atoms with E-state index in [1.807, 2.05) is 13.8 Å². The Labute approximate surface area is 121 Å². The van der Waals surface area contributed by atoms with Gasteiger partial charge in [-0.1, -0.05) is 18.2 Å². The average Bonchev–Trinajstić information content (AvgIpc) is 2.75. The zero-order valence-electron chi connectivity index (χ0n) is 11.2.